The van der Waals surface area contributed by atoms with Gasteiger partial charge < -0.3 is 14.3 Å². The van der Waals surface area contributed by atoms with Gasteiger partial charge in [0.1, 0.15) is 5.52 Å². The van der Waals surface area contributed by atoms with E-state index in [9.17, 15) is 0 Å². The van der Waals surface area contributed by atoms with Gasteiger partial charge >= 0.3 is 0 Å². The van der Waals surface area contributed by atoms with Crippen molar-refractivity contribution in [3.05, 3.63) is 29.8 Å². The van der Waals surface area contributed by atoms with E-state index in [0.717, 1.165) is 22.9 Å². The molecule has 0 saturated carbocycles. The number of piperidine rings is 3. The smallest absolute Gasteiger partial charge is 0.192 e. The summed E-state index contributed by atoms with van der Waals surface area (Å²) in [7, 11) is 0. The highest BCUT2D eigenvalue weighted by Crippen LogP contribution is 2.42. The molecule has 5 heterocycles. The maximum atomic E-state index is 5.71. The summed E-state index contributed by atoms with van der Waals surface area (Å²) in [4.78, 5) is 10.7. The number of fused-ring (bicyclic) bond motifs is 6. The Kier molecular flexibility index (Phi) is 3.20. The lowest BCUT2D eigenvalue weighted by Crippen LogP contribution is -2.46. The number of aromatic nitrogens is 2. The van der Waals surface area contributed by atoms with Crippen LogP contribution in [0.4, 0.5) is 0 Å². The molecule has 0 spiro atoms. The highest BCUT2D eigenvalue weighted by Gasteiger charge is 2.36. The Hall–Kier alpha value is -1.52. The van der Waals surface area contributed by atoms with Crippen molar-refractivity contribution in [2.24, 2.45) is 5.92 Å². The van der Waals surface area contributed by atoms with E-state index in [4.69, 9.17) is 4.42 Å². The second kappa shape index (κ2) is 5.00. The second-order valence-electron chi connectivity index (χ2n) is 6.56. The molecule has 1 unspecified atom stereocenters. The van der Waals surface area contributed by atoms with Gasteiger partial charge in [0.2, 0.25) is 0 Å². The molecule has 2 bridgehead atoms. The summed E-state index contributed by atoms with van der Waals surface area (Å²) >= 11 is 0. The van der Waals surface area contributed by atoms with Gasteiger partial charge in [-0.05, 0) is 49.5 Å². The number of aromatic amines is 1. The molecule has 22 heavy (non-hydrogen) atoms. The van der Waals surface area contributed by atoms with Crippen LogP contribution in [0.1, 0.15) is 30.2 Å². The molecule has 1 N–H and O–H groups in total. The molecule has 1 atom stereocenters. The number of halogens is 1. The molecular weight excluding hydrogens is 298 g/mol. The molecule has 116 valence electrons. The normalized spacial score (nSPS) is 27.4. The minimum atomic E-state index is 0. The van der Waals surface area contributed by atoms with Gasteiger partial charge in [-0.25, -0.2) is 4.98 Å². The van der Waals surface area contributed by atoms with E-state index >= 15 is 0 Å². The number of oxazole rings is 1. The number of rotatable bonds is 1. The lowest BCUT2D eigenvalue weighted by molar-refractivity contribution is 0.0877. The first-order valence-electron chi connectivity index (χ1n) is 7.89. The van der Waals surface area contributed by atoms with Crippen molar-refractivity contribution in [3.63, 3.8) is 0 Å². The van der Waals surface area contributed by atoms with Crippen LogP contribution in [0, 0.1) is 12.8 Å². The van der Waals surface area contributed by atoms with Gasteiger partial charge in [-0.1, -0.05) is 0 Å². The standard InChI is InChI=1S/C17H19N3O.ClH/c1-10-19-17-15(21-10)3-2-14-16(17)12(8-18-14)13-9-20-6-4-11(13)5-7-20;/h2-3,8,11,13,18H,4-7,9H2,1H3;1H. The van der Waals surface area contributed by atoms with Gasteiger partial charge in [-0.15, -0.1) is 12.4 Å². The van der Waals surface area contributed by atoms with Crippen LogP contribution < -0.4 is 0 Å². The Morgan fingerprint density at radius 1 is 1.27 bits per heavy atom. The van der Waals surface area contributed by atoms with Crippen molar-refractivity contribution in [3.8, 4) is 0 Å². The third-order valence-corrected chi connectivity index (χ3v) is 5.40. The number of H-pyrrole nitrogens is 1. The largest absolute Gasteiger partial charge is 0.441 e. The van der Waals surface area contributed by atoms with Gasteiger partial charge in [-0.3, -0.25) is 0 Å². The number of hydrogen-bond acceptors (Lipinski definition) is 3. The summed E-state index contributed by atoms with van der Waals surface area (Å²) in [5.41, 5.74) is 4.56. The molecule has 3 saturated heterocycles. The van der Waals surface area contributed by atoms with E-state index < -0.39 is 0 Å². The molecule has 0 amide bonds. The SMILES string of the molecule is Cc1nc2c(ccc3[nH]cc(C4CN5CCC4CC5)c32)o1.Cl. The van der Waals surface area contributed by atoms with Gasteiger partial charge in [0.15, 0.2) is 11.5 Å². The Bertz CT molecular complexity index is 829. The number of hydrogen-bond donors (Lipinski definition) is 1. The summed E-state index contributed by atoms with van der Waals surface area (Å²) in [5, 5.41) is 1.28. The highest BCUT2D eigenvalue weighted by molar-refractivity contribution is 6.04. The van der Waals surface area contributed by atoms with Gasteiger partial charge in [-0.2, -0.15) is 0 Å². The van der Waals surface area contributed by atoms with Crippen LogP contribution in [-0.4, -0.2) is 34.5 Å². The van der Waals surface area contributed by atoms with Crippen molar-refractivity contribution in [1.82, 2.24) is 14.9 Å². The first-order valence-corrected chi connectivity index (χ1v) is 7.89. The van der Waals surface area contributed by atoms with Crippen molar-refractivity contribution in [2.45, 2.75) is 25.7 Å². The Morgan fingerprint density at radius 3 is 2.82 bits per heavy atom. The third kappa shape index (κ3) is 1.90. The first-order chi connectivity index (χ1) is 10.3. The lowest BCUT2D eigenvalue weighted by atomic mass is 9.75. The Balaban J connectivity index is 0.00000125. The van der Waals surface area contributed by atoms with Crippen molar-refractivity contribution >= 4 is 34.4 Å². The molecule has 1 aromatic carbocycles. The fourth-order valence-electron chi connectivity index (χ4n) is 4.35. The maximum Gasteiger partial charge on any atom is 0.192 e. The van der Waals surface area contributed by atoms with Crippen molar-refractivity contribution in [2.75, 3.05) is 19.6 Å². The molecule has 3 aliphatic heterocycles. The van der Waals surface area contributed by atoms with Crippen LogP contribution in [0.25, 0.3) is 22.0 Å². The summed E-state index contributed by atoms with van der Waals surface area (Å²) in [6.45, 7) is 5.68. The predicted octanol–water partition coefficient (Wildman–Crippen LogP) is 3.85. The predicted molar refractivity (Wildman–Crippen MR) is 89.8 cm³/mol. The van der Waals surface area contributed by atoms with Gasteiger partial charge in [0, 0.05) is 36.5 Å². The van der Waals surface area contributed by atoms with Crippen LogP contribution in [0.3, 0.4) is 0 Å². The zero-order valence-corrected chi connectivity index (χ0v) is 13.4. The highest BCUT2D eigenvalue weighted by atomic mass is 35.5. The molecule has 5 heteroatoms. The molecule has 6 rings (SSSR count). The number of aryl methyl sites for hydroxylation is 1. The molecule has 3 aromatic rings. The fraction of sp³-hybridized carbons (Fsp3) is 0.471. The molecule has 0 aliphatic carbocycles. The number of nitrogens with one attached hydrogen (secondary N) is 1. The van der Waals surface area contributed by atoms with E-state index in [1.807, 2.05) is 13.0 Å². The monoisotopic (exact) mass is 317 g/mol. The van der Waals surface area contributed by atoms with E-state index in [1.165, 1.54) is 48.9 Å². The minimum Gasteiger partial charge on any atom is -0.441 e. The molecule has 2 aromatic heterocycles. The third-order valence-electron chi connectivity index (χ3n) is 5.40. The lowest BCUT2D eigenvalue weighted by Gasteiger charge is -2.44. The van der Waals surface area contributed by atoms with Crippen molar-refractivity contribution < 1.29 is 4.42 Å². The summed E-state index contributed by atoms with van der Waals surface area (Å²) in [5.74, 6) is 2.22. The maximum absolute atomic E-state index is 5.71. The molecular formula is C17H20ClN3O. The van der Waals surface area contributed by atoms with Gasteiger partial charge in [0.25, 0.3) is 0 Å². The quantitative estimate of drug-likeness (QED) is 0.741. The number of benzene rings is 1. The van der Waals surface area contributed by atoms with Crippen LogP contribution >= 0.6 is 12.4 Å². The van der Waals surface area contributed by atoms with Crippen LogP contribution in [0.2, 0.25) is 0 Å². The topological polar surface area (TPSA) is 45.1 Å². The summed E-state index contributed by atoms with van der Waals surface area (Å²) in [6, 6.07) is 4.14. The van der Waals surface area contributed by atoms with E-state index in [-0.39, 0.29) is 12.4 Å². The van der Waals surface area contributed by atoms with E-state index in [0.29, 0.717) is 5.92 Å². The van der Waals surface area contributed by atoms with Crippen molar-refractivity contribution in [1.29, 1.82) is 0 Å². The fourth-order valence-corrected chi connectivity index (χ4v) is 4.35. The van der Waals surface area contributed by atoms with Crippen LogP contribution in [0.15, 0.2) is 22.7 Å². The summed E-state index contributed by atoms with van der Waals surface area (Å²) in [6.07, 6.45) is 4.89. The first kappa shape index (κ1) is 14.1. The zero-order chi connectivity index (χ0) is 14.0. The summed E-state index contributed by atoms with van der Waals surface area (Å²) < 4.78 is 5.71. The Morgan fingerprint density at radius 2 is 2.09 bits per heavy atom. The van der Waals surface area contributed by atoms with Crippen LogP contribution in [0.5, 0.6) is 0 Å². The molecule has 0 radical (unpaired) electrons. The zero-order valence-electron chi connectivity index (χ0n) is 12.6. The molecule has 3 aliphatic rings. The van der Waals surface area contributed by atoms with E-state index in [1.54, 1.807) is 0 Å². The Labute approximate surface area is 135 Å². The second-order valence-corrected chi connectivity index (χ2v) is 6.56. The molecule has 4 nitrogen and oxygen atoms in total. The van der Waals surface area contributed by atoms with Crippen LogP contribution in [-0.2, 0) is 0 Å². The van der Waals surface area contributed by atoms with E-state index in [2.05, 4.69) is 27.1 Å². The average molecular weight is 318 g/mol. The molecule has 3 fully saturated rings. The average Bonchev–Trinajstić information content (AvgIpc) is 3.10. The number of nitrogens with zero attached hydrogens (tertiary/aromatic N) is 2. The minimum absolute atomic E-state index is 0. The van der Waals surface area contributed by atoms with Gasteiger partial charge in [0.05, 0.1) is 0 Å².